The van der Waals surface area contributed by atoms with Gasteiger partial charge in [-0.05, 0) is 12.1 Å². The first-order valence-electron chi connectivity index (χ1n) is 3.88. The van der Waals surface area contributed by atoms with Crippen molar-refractivity contribution in [2.75, 3.05) is 5.73 Å². The third-order valence-corrected chi connectivity index (χ3v) is 1.62. The van der Waals surface area contributed by atoms with E-state index < -0.39 is 0 Å². The van der Waals surface area contributed by atoms with Gasteiger partial charge in [0.05, 0.1) is 12.2 Å². The van der Waals surface area contributed by atoms with Crippen LogP contribution in [0.5, 0.6) is 0 Å². The van der Waals surface area contributed by atoms with Crippen LogP contribution in [-0.4, -0.2) is 19.7 Å². The minimum atomic E-state index is 0.526. The zero-order valence-electron chi connectivity index (χ0n) is 6.96. The fourth-order valence-corrected chi connectivity index (χ4v) is 1.07. The van der Waals surface area contributed by atoms with Crippen molar-refractivity contribution in [3.05, 3.63) is 36.5 Å². The summed E-state index contributed by atoms with van der Waals surface area (Å²) in [5.41, 5.74) is 6.41. The van der Waals surface area contributed by atoms with Crippen molar-refractivity contribution in [1.82, 2.24) is 19.7 Å². The van der Waals surface area contributed by atoms with Crippen molar-refractivity contribution in [1.29, 1.82) is 0 Å². The van der Waals surface area contributed by atoms with Gasteiger partial charge in [-0.25, -0.2) is 14.6 Å². The molecule has 0 unspecified atom stereocenters. The molecule has 0 bridgehead atoms. The monoisotopic (exact) mass is 175 g/mol. The summed E-state index contributed by atoms with van der Waals surface area (Å²) in [6.07, 6.45) is 3.14. The lowest BCUT2D eigenvalue weighted by atomic mass is 10.3. The highest BCUT2D eigenvalue weighted by molar-refractivity contribution is 5.28. The van der Waals surface area contributed by atoms with Gasteiger partial charge in [-0.2, -0.15) is 5.10 Å². The Bertz CT molecular complexity index is 381. The number of aromatic nitrogens is 4. The highest BCUT2D eigenvalue weighted by Gasteiger charge is 1.96. The van der Waals surface area contributed by atoms with E-state index in [2.05, 4.69) is 15.1 Å². The molecular weight excluding hydrogens is 166 g/mol. The normalized spacial score (nSPS) is 10.2. The number of anilines is 1. The predicted octanol–water partition coefficient (Wildman–Crippen LogP) is 0.304. The molecule has 0 saturated carbocycles. The van der Waals surface area contributed by atoms with Crippen LogP contribution in [-0.2, 0) is 6.54 Å². The van der Waals surface area contributed by atoms with Crippen molar-refractivity contribution < 1.29 is 0 Å². The Morgan fingerprint density at radius 2 is 2.31 bits per heavy atom. The predicted molar refractivity (Wildman–Crippen MR) is 47.8 cm³/mol. The summed E-state index contributed by atoms with van der Waals surface area (Å²) in [7, 11) is 0. The van der Waals surface area contributed by atoms with E-state index in [1.807, 2.05) is 12.1 Å². The van der Waals surface area contributed by atoms with Crippen LogP contribution in [0.1, 0.15) is 5.69 Å². The summed E-state index contributed by atoms with van der Waals surface area (Å²) in [5.74, 6) is 0.526. The highest BCUT2D eigenvalue weighted by atomic mass is 15.3. The van der Waals surface area contributed by atoms with Crippen molar-refractivity contribution in [2.24, 2.45) is 0 Å². The van der Waals surface area contributed by atoms with E-state index in [4.69, 9.17) is 5.73 Å². The molecule has 0 fully saturated rings. The largest absolute Gasteiger partial charge is 0.384 e. The Labute approximate surface area is 75.2 Å². The highest BCUT2D eigenvalue weighted by Crippen LogP contribution is 2.01. The summed E-state index contributed by atoms with van der Waals surface area (Å²) < 4.78 is 1.70. The maximum Gasteiger partial charge on any atom is 0.137 e. The van der Waals surface area contributed by atoms with Crippen molar-refractivity contribution >= 4 is 5.82 Å². The van der Waals surface area contributed by atoms with Gasteiger partial charge < -0.3 is 5.73 Å². The van der Waals surface area contributed by atoms with Gasteiger partial charge in [0.1, 0.15) is 18.5 Å². The maximum atomic E-state index is 5.53. The molecule has 2 heterocycles. The Kier molecular flexibility index (Phi) is 1.91. The second-order valence-electron chi connectivity index (χ2n) is 2.65. The SMILES string of the molecule is Nc1cccc(Cn2cncn2)n1. The van der Waals surface area contributed by atoms with Crippen LogP contribution in [0.4, 0.5) is 5.82 Å². The third kappa shape index (κ3) is 1.81. The van der Waals surface area contributed by atoms with E-state index in [0.29, 0.717) is 12.4 Å². The van der Waals surface area contributed by atoms with Crippen LogP contribution in [0.25, 0.3) is 0 Å². The lowest BCUT2D eigenvalue weighted by Crippen LogP contribution is -2.03. The van der Waals surface area contributed by atoms with Gasteiger partial charge in [-0.3, -0.25) is 0 Å². The van der Waals surface area contributed by atoms with Crippen molar-refractivity contribution in [3.63, 3.8) is 0 Å². The van der Waals surface area contributed by atoms with Crippen LogP contribution >= 0.6 is 0 Å². The molecule has 0 amide bonds. The molecule has 0 spiro atoms. The molecule has 66 valence electrons. The van der Waals surface area contributed by atoms with Crippen molar-refractivity contribution in [3.8, 4) is 0 Å². The number of nitrogens with two attached hydrogens (primary N) is 1. The second-order valence-corrected chi connectivity index (χ2v) is 2.65. The van der Waals surface area contributed by atoms with E-state index in [1.165, 1.54) is 6.33 Å². The average molecular weight is 175 g/mol. The smallest absolute Gasteiger partial charge is 0.137 e. The summed E-state index contributed by atoms with van der Waals surface area (Å²) in [6, 6.07) is 5.53. The number of hydrogen-bond donors (Lipinski definition) is 1. The molecule has 2 rings (SSSR count). The molecule has 0 atom stereocenters. The van der Waals surface area contributed by atoms with Gasteiger partial charge in [0.15, 0.2) is 0 Å². The number of nitrogens with zero attached hydrogens (tertiary/aromatic N) is 4. The van der Waals surface area contributed by atoms with E-state index in [0.717, 1.165) is 5.69 Å². The topological polar surface area (TPSA) is 69.6 Å². The van der Waals surface area contributed by atoms with Gasteiger partial charge in [0.2, 0.25) is 0 Å². The first-order chi connectivity index (χ1) is 6.34. The molecule has 2 N–H and O–H groups in total. The van der Waals surface area contributed by atoms with Crippen LogP contribution in [0, 0.1) is 0 Å². The Balaban J connectivity index is 2.19. The van der Waals surface area contributed by atoms with Crippen molar-refractivity contribution in [2.45, 2.75) is 6.54 Å². The zero-order valence-corrected chi connectivity index (χ0v) is 6.96. The molecule has 0 aliphatic heterocycles. The fourth-order valence-electron chi connectivity index (χ4n) is 1.07. The van der Waals surface area contributed by atoms with E-state index >= 15 is 0 Å². The van der Waals surface area contributed by atoms with E-state index in [-0.39, 0.29) is 0 Å². The summed E-state index contributed by atoms with van der Waals surface area (Å²) >= 11 is 0. The minimum Gasteiger partial charge on any atom is -0.384 e. The Morgan fingerprint density at radius 1 is 1.38 bits per heavy atom. The summed E-state index contributed by atoms with van der Waals surface area (Å²) in [6.45, 7) is 0.602. The number of pyridine rings is 1. The minimum absolute atomic E-state index is 0.526. The third-order valence-electron chi connectivity index (χ3n) is 1.62. The molecule has 0 radical (unpaired) electrons. The molecule has 0 saturated heterocycles. The second kappa shape index (κ2) is 3.22. The van der Waals surface area contributed by atoms with Gasteiger partial charge in [-0.15, -0.1) is 0 Å². The molecule has 5 nitrogen and oxygen atoms in total. The van der Waals surface area contributed by atoms with Crippen LogP contribution < -0.4 is 5.73 Å². The molecule has 5 heteroatoms. The van der Waals surface area contributed by atoms with E-state index in [1.54, 1.807) is 17.1 Å². The van der Waals surface area contributed by atoms with Crippen LogP contribution in [0.2, 0.25) is 0 Å². The lowest BCUT2D eigenvalue weighted by Gasteiger charge is -2.00. The molecule has 0 aliphatic rings. The molecule has 0 aromatic carbocycles. The van der Waals surface area contributed by atoms with E-state index in [9.17, 15) is 0 Å². The Morgan fingerprint density at radius 3 is 3.00 bits per heavy atom. The van der Waals surface area contributed by atoms with Gasteiger partial charge in [-0.1, -0.05) is 6.07 Å². The standard InChI is InChI=1S/C8H9N5/c9-8-3-1-2-7(12-8)4-13-6-10-5-11-13/h1-3,5-6H,4H2,(H2,9,12). The Hall–Kier alpha value is -1.91. The lowest BCUT2D eigenvalue weighted by molar-refractivity contribution is 0.671. The summed E-state index contributed by atoms with van der Waals surface area (Å²) in [4.78, 5) is 7.97. The van der Waals surface area contributed by atoms with Gasteiger partial charge >= 0.3 is 0 Å². The number of hydrogen-bond acceptors (Lipinski definition) is 4. The van der Waals surface area contributed by atoms with Gasteiger partial charge in [0, 0.05) is 0 Å². The maximum absolute atomic E-state index is 5.53. The zero-order chi connectivity index (χ0) is 9.10. The number of nitrogen functional groups attached to an aromatic ring is 1. The summed E-state index contributed by atoms with van der Waals surface area (Å²) in [5, 5.41) is 3.97. The molecule has 2 aromatic heterocycles. The van der Waals surface area contributed by atoms with Crippen LogP contribution in [0.3, 0.4) is 0 Å². The number of rotatable bonds is 2. The molecular formula is C8H9N5. The molecule has 13 heavy (non-hydrogen) atoms. The average Bonchev–Trinajstić information content (AvgIpc) is 2.57. The molecule has 0 aliphatic carbocycles. The first-order valence-corrected chi connectivity index (χ1v) is 3.88. The van der Waals surface area contributed by atoms with Gasteiger partial charge in [0.25, 0.3) is 0 Å². The molecule has 2 aromatic rings. The fraction of sp³-hybridized carbons (Fsp3) is 0.125. The van der Waals surface area contributed by atoms with Crippen LogP contribution in [0.15, 0.2) is 30.9 Å². The first kappa shape index (κ1) is 7.72. The quantitative estimate of drug-likeness (QED) is 0.712.